The topological polar surface area (TPSA) is 67.2 Å². The van der Waals surface area contributed by atoms with E-state index < -0.39 is 0 Å². The highest BCUT2D eigenvalue weighted by molar-refractivity contribution is 5.94. The summed E-state index contributed by atoms with van der Waals surface area (Å²) in [4.78, 5) is 16.4. The SMILES string of the molecule is CC(CO)CNC(=O)c1ccc(-n2cnc3ccccc32)cc1. The van der Waals surface area contributed by atoms with Gasteiger partial charge in [0, 0.05) is 24.4 Å². The number of aromatic nitrogens is 2. The number of aliphatic hydroxyl groups excluding tert-OH is 1. The first-order valence-corrected chi connectivity index (χ1v) is 7.60. The van der Waals surface area contributed by atoms with Gasteiger partial charge < -0.3 is 10.4 Å². The van der Waals surface area contributed by atoms with E-state index in [0.29, 0.717) is 12.1 Å². The number of nitrogens with zero attached hydrogens (tertiary/aromatic N) is 2. The van der Waals surface area contributed by atoms with E-state index in [1.54, 1.807) is 18.5 Å². The fourth-order valence-electron chi connectivity index (χ4n) is 2.37. The lowest BCUT2D eigenvalue weighted by Crippen LogP contribution is -2.29. The van der Waals surface area contributed by atoms with Crippen molar-refractivity contribution in [2.24, 2.45) is 5.92 Å². The molecule has 0 bridgehead atoms. The summed E-state index contributed by atoms with van der Waals surface area (Å²) in [6.45, 7) is 2.41. The molecule has 23 heavy (non-hydrogen) atoms. The highest BCUT2D eigenvalue weighted by Gasteiger charge is 2.09. The number of amides is 1. The minimum atomic E-state index is -0.132. The Bertz CT molecular complexity index is 809. The summed E-state index contributed by atoms with van der Waals surface area (Å²) in [5.41, 5.74) is 3.52. The smallest absolute Gasteiger partial charge is 0.251 e. The Morgan fingerprint density at radius 1 is 1.22 bits per heavy atom. The van der Waals surface area contributed by atoms with E-state index in [1.165, 1.54) is 0 Å². The van der Waals surface area contributed by atoms with Gasteiger partial charge in [0.2, 0.25) is 0 Å². The Hall–Kier alpha value is -2.66. The minimum absolute atomic E-state index is 0.0514. The number of fused-ring (bicyclic) bond motifs is 1. The van der Waals surface area contributed by atoms with E-state index in [4.69, 9.17) is 5.11 Å². The molecular formula is C18H19N3O2. The van der Waals surface area contributed by atoms with Gasteiger partial charge in [-0.15, -0.1) is 0 Å². The molecule has 0 aliphatic rings. The van der Waals surface area contributed by atoms with Crippen molar-refractivity contribution in [3.05, 3.63) is 60.4 Å². The average Bonchev–Trinajstić information content (AvgIpc) is 3.03. The normalized spacial score (nSPS) is 12.3. The van der Waals surface area contributed by atoms with Gasteiger partial charge in [0.25, 0.3) is 5.91 Å². The van der Waals surface area contributed by atoms with Gasteiger partial charge in [-0.1, -0.05) is 19.1 Å². The van der Waals surface area contributed by atoms with Gasteiger partial charge >= 0.3 is 0 Å². The van der Waals surface area contributed by atoms with Crippen LogP contribution in [0.2, 0.25) is 0 Å². The molecule has 5 nitrogen and oxygen atoms in total. The molecule has 1 amide bonds. The molecule has 118 valence electrons. The summed E-state index contributed by atoms with van der Waals surface area (Å²) in [7, 11) is 0. The number of hydrogen-bond donors (Lipinski definition) is 2. The van der Waals surface area contributed by atoms with Crippen LogP contribution in [0.4, 0.5) is 0 Å². The predicted molar refractivity (Wildman–Crippen MR) is 89.7 cm³/mol. The Balaban J connectivity index is 1.78. The second-order valence-electron chi connectivity index (χ2n) is 5.65. The van der Waals surface area contributed by atoms with Crippen LogP contribution in [0.25, 0.3) is 16.7 Å². The number of imidazole rings is 1. The van der Waals surface area contributed by atoms with Crippen LogP contribution in [0, 0.1) is 5.92 Å². The van der Waals surface area contributed by atoms with E-state index in [9.17, 15) is 4.79 Å². The van der Waals surface area contributed by atoms with Crippen molar-refractivity contribution >= 4 is 16.9 Å². The van der Waals surface area contributed by atoms with Gasteiger partial charge in [-0.25, -0.2) is 4.98 Å². The summed E-state index contributed by atoms with van der Waals surface area (Å²) < 4.78 is 1.99. The van der Waals surface area contributed by atoms with Crippen molar-refractivity contribution in [2.75, 3.05) is 13.2 Å². The number of benzene rings is 2. The third-order valence-corrected chi connectivity index (χ3v) is 3.78. The molecule has 0 aliphatic carbocycles. The first-order valence-electron chi connectivity index (χ1n) is 7.60. The zero-order valence-electron chi connectivity index (χ0n) is 12.9. The van der Waals surface area contributed by atoms with E-state index in [1.807, 2.05) is 47.9 Å². The summed E-state index contributed by atoms with van der Waals surface area (Å²) in [5, 5.41) is 11.8. The van der Waals surface area contributed by atoms with E-state index in [2.05, 4.69) is 10.3 Å². The van der Waals surface area contributed by atoms with Gasteiger partial charge in [0.1, 0.15) is 6.33 Å². The van der Waals surface area contributed by atoms with Crippen LogP contribution in [0.5, 0.6) is 0 Å². The third kappa shape index (κ3) is 3.24. The van der Waals surface area contributed by atoms with E-state index in [-0.39, 0.29) is 18.4 Å². The van der Waals surface area contributed by atoms with Crippen LogP contribution in [-0.4, -0.2) is 33.7 Å². The minimum Gasteiger partial charge on any atom is -0.396 e. The molecule has 1 heterocycles. The molecule has 0 fully saturated rings. The molecule has 3 rings (SSSR count). The second kappa shape index (κ2) is 6.62. The van der Waals surface area contributed by atoms with Crippen LogP contribution in [0.3, 0.4) is 0 Å². The molecule has 1 atom stereocenters. The molecule has 1 unspecified atom stereocenters. The maximum atomic E-state index is 12.1. The molecule has 0 spiro atoms. The molecule has 0 aliphatic heterocycles. The van der Waals surface area contributed by atoms with Crippen molar-refractivity contribution in [2.45, 2.75) is 6.92 Å². The number of hydrogen-bond acceptors (Lipinski definition) is 3. The lowest BCUT2D eigenvalue weighted by atomic mass is 10.1. The first kappa shape index (κ1) is 15.2. The maximum Gasteiger partial charge on any atom is 0.251 e. The van der Waals surface area contributed by atoms with Gasteiger partial charge in [-0.05, 0) is 42.3 Å². The van der Waals surface area contributed by atoms with Crippen LogP contribution >= 0.6 is 0 Å². The van der Waals surface area contributed by atoms with Crippen molar-refractivity contribution < 1.29 is 9.90 Å². The van der Waals surface area contributed by atoms with Gasteiger partial charge in [-0.3, -0.25) is 9.36 Å². The lowest BCUT2D eigenvalue weighted by molar-refractivity contribution is 0.0942. The average molecular weight is 309 g/mol. The van der Waals surface area contributed by atoms with Crippen molar-refractivity contribution in [1.82, 2.24) is 14.9 Å². The number of aliphatic hydroxyl groups is 1. The number of para-hydroxylation sites is 2. The molecule has 0 radical (unpaired) electrons. The van der Waals surface area contributed by atoms with Gasteiger partial charge in [0.05, 0.1) is 11.0 Å². The largest absolute Gasteiger partial charge is 0.396 e. The summed E-state index contributed by atoms with van der Waals surface area (Å²) in [5.74, 6) is -0.0807. The first-order chi connectivity index (χ1) is 11.2. The number of carbonyl (C=O) groups excluding carboxylic acids is 1. The molecule has 1 aromatic heterocycles. The molecule has 3 aromatic rings. The number of rotatable bonds is 5. The number of carbonyl (C=O) groups is 1. The molecule has 2 N–H and O–H groups in total. The van der Waals surface area contributed by atoms with Gasteiger partial charge in [-0.2, -0.15) is 0 Å². The summed E-state index contributed by atoms with van der Waals surface area (Å²) >= 11 is 0. The Labute approximate surface area is 134 Å². The molecule has 0 saturated carbocycles. The summed E-state index contributed by atoms with van der Waals surface area (Å²) in [6.07, 6.45) is 1.78. The standard InChI is InChI=1S/C18H19N3O2/c1-13(11-22)10-19-18(23)14-6-8-15(9-7-14)21-12-20-16-4-2-3-5-17(16)21/h2-9,12-13,22H,10-11H2,1H3,(H,19,23). The Kier molecular flexibility index (Phi) is 4.39. The molecule has 5 heteroatoms. The Morgan fingerprint density at radius 2 is 1.96 bits per heavy atom. The van der Waals surface area contributed by atoms with Crippen molar-refractivity contribution in [1.29, 1.82) is 0 Å². The van der Waals surface area contributed by atoms with Crippen LogP contribution < -0.4 is 5.32 Å². The quantitative estimate of drug-likeness (QED) is 0.760. The highest BCUT2D eigenvalue weighted by atomic mass is 16.3. The van der Waals surface area contributed by atoms with E-state index in [0.717, 1.165) is 16.7 Å². The fourth-order valence-corrected chi connectivity index (χ4v) is 2.37. The Morgan fingerprint density at radius 3 is 2.70 bits per heavy atom. The van der Waals surface area contributed by atoms with Crippen LogP contribution in [-0.2, 0) is 0 Å². The lowest BCUT2D eigenvalue weighted by Gasteiger charge is -2.10. The summed E-state index contributed by atoms with van der Waals surface area (Å²) in [6, 6.07) is 15.3. The maximum absolute atomic E-state index is 12.1. The van der Waals surface area contributed by atoms with Crippen LogP contribution in [0.15, 0.2) is 54.9 Å². The number of nitrogens with one attached hydrogen (secondary N) is 1. The van der Waals surface area contributed by atoms with Crippen molar-refractivity contribution in [3.63, 3.8) is 0 Å². The highest BCUT2D eigenvalue weighted by Crippen LogP contribution is 2.18. The third-order valence-electron chi connectivity index (χ3n) is 3.78. The molecule has 2 aromatic carbocycles. The second-order valence-corrected chi connectivity index (χ2v) is 5.65. The van der Waals surface area contributed by atoms with E-state index >= 15 is 0 Å². The zero-order valence-corrected chi connectivity index (χ0v) is 12.9. The molecular weight excluding hydrogens is 290 g/mol. The zero-order chi connectivity index (χ0) is 16.2. The van der Waals surface area contributed by atoms with Gasteiger partial charge in [0.15, 0.2) is 0 Å². The fraction of sp³-hybridized carbons (Fsp3) is 0.222. The monoisotopic (exact) mass is 309 g/mol. The van der Waals surface area contributed by atoms with Crippen LogP contribution in [0.1, 0.15) is 17.3 Å². The van der Waals surface area contributed by atoms with Crippen molar-refractivity contribution in [3.8, 4) is 5.69 Å². The molecule has 0 saturated heterocycles. The predicted octanol–water partition coefficient (Wildman–Crippen LogP) is 2.38.